The van der Waals surface area contributed by atoms with Gasteiger partial charge in [-0.2, -0.15) is 11.8 Å². The van der Waals surface area contributed by atoms with Crippen LogP contribution in [0.5, 0.6) is 0 Å². The predicted octanol–water partition coefficient (Wildman–Crippen LogP) is 1.62. The van der Waals surface area contributed by atoms with Crippen molar-refractivity contribution in [1.82, 2.24) is 9.38 Å². The molecule has 2 rings (SSSR count). The molecule has 1 atom stereocenters. The standard InChI is InChI=1S/C13H16N2O2S/c1-9-3-4-12-14-11(8-18-10(2)7-16)5-13(17)15(12)6-9/h3-6,10,16H,7-8H2,1-2H3. The smallest absolute Gasteiger partial charge is 0.258 e. The quantitative estimate of drug-likeness (QED) is 0.911. The molecule has 0 aliphatic heterocycles. The minimum Gasteiger partial charge on any atom is -0.395 e. The number of aryl methyl sites for hydroxylation is 1. The van der Waals surface area contributed by atoms with E-state index in [1.807, 2.05) is 26.0 Å². The third-order valence-electron chi connectivity index (χ3n) is 2.63. The molecule has 0 amide bonds. The largest absolute Gasteiger partial charge is 0.395 e. The van der Waals surface area contributed by atoms with Crippen LogP contribution in [-0.4, -0.2) is 26.3 Å². The summed E-state index contributed by atoms with van der Waals surface area (Å²) in [5.74, 6) is 0.640. The van der Waals surface area contributed by atoms with Crippen molar-refractivity contribution in [2.24, 2.45) is 0 Å². The van der Waals surface area contributed by atoms with E-state index in [1.54, 1.807) is 28.4 Å². The molecule has 1 N–H and O–H groups in total. The molecule has 0 saturated heterocycles. The summed E-state index contributed by atoms with van der Waals surface area (Å²) < 4.78 is 1.55. The summed E-state index contributed by atoms with van der Waals surface area (Å²) in [6.07, 6.45) is 1.79. The van der Waals surface area contributed by atoms with Gasteiger partial charge in [0.05, 0.1) is 12.3 Å². The third kappa shape index (κ3) is 2.91. The first-order valence-electron chi connectivity index (χ1n) is 5.81. The molecule has 0 saturated carbocycles. The van der Waals surface area contributed by atoms with Gasteiger partial charge in [0.2, 0.25) is 0 Å². The number of thioether (sulfide) groups is 1. The molecule has 0 aliphatic rings. The van der Waals surface area contributed by atoms with Gasteiger partial charge in [-0.15, -0.1) is 0 Å². The first-order valence-corrected chi connectivity index (χ1v) is 6.86. The summed E-state index contributed by atoms with van der Waals surface area (Å²) in [5, 5.41) is 9.12. The Kier molecular flexibility index (Phi) is 4.04. The topological polar surface area (TPSA) is 54.6 Å². The van der Waals surface area contributed by atoms with Gasteiger partial charge in [-0.05, 0) is 18.6 Å². The molecule has 2 heterocycles. The Bertz CT molecular complexity index is 609. The van der Waals surface area contributed by atoms with Gasteiger partial charge in [0.1, 0.15) is 5.65 Å². The molecule has 5 heteroatoms. The highest BCUT2D eigenvalue weighted by Crippen LogP contribution is 2.15. The van der Waals surface area contributed by atoms with Gasteiger partial charge in [0.15, 0.2) is 0 Å². The second-order valence-corrected chi connectivity index (χ2v) is 5.75. The van der Waals surface area contributed by atoms with Crippen molar-refractivity contribution in [3.63, 3.8) is 0 Å². The van der Waals surface area contributed by atoms with E-state index in [0.29, 0.717) is 11.4 Å². The molecule has 0 aliphatic carbocycles. The first-order chi connectivity index (χ1) is 8.60. The van der Waals surface area contributed by atoms with Crippen molar-refractivity contribution >= 4 is 17.4 Å². The number of hydrogen-bond donors (Lipinski definition) is 1. The number of pyridine rings is 1. The van der Waals surface area contributed by atoms with Crippen LogP contribution in [0.3, 0.4) is 0 Å². The second kappa shape index (κ2) is 5.54. The van der Waals surface area contributed by atoms with Crippen molar-refractivity contribution in [2.75, 3.05) is 6.61 Å². The van der Waals surface area contributed by atoms with Gasteiger partial charge in [-0.25, -0.2) is 4.98 Å². The Morgan fingerprint density at radius 2 is 2.28 bits per heavy atom. The molecule has 96 valence electrons. The summed E-state index contributed by atoms with van der Waals surface area (Å²) in [6, 6.07) is 5.35. The number of aromatic nitrogens is 2. The fourth-order valence-corrected chi connectivity index (χ4v) is 2.32. The number of rotatable bonds is 4. The number of aliphatic hydroxyl groups excluding tert-OH is 1. The summed E-state index contributed by atoms with van der Waals surface area (Å²) in [5.41, 5.74) is 2.40. The molecule has 2 aromatic heterocycles. The molecule has 0 spiro atoms. The van der Waals surface area contributed by atoms with Crippen molar-refractivity contribution in [3.05, 3.63) is 46.0 Å². The molecule has 1 unspecified atom stereocenters. The van der Waals surface area contributed by atoms with Crippen LogP contribution in [0.25, 0.3) is 5.65 Å². The molecule has 0 radical (unpaired) electrons. The van der Waals surface area contributed by atoms with E-state index in [1.165, 1.54) is 0 Å². The molecule has 0 aromatic carbocycles. The van der Waals surface area contributed by atoms with Gasteiger partial charge >= 0.3 is 0 Å². The van der Waals surface area contributed by atoms with Crippen LogP contribution in [0.2, 0.25) is 0 Å². The van der Waals surface area contributed by atoms with Crippen molar-refractivity contribution in [1.29, 1.82) is 0 Å². The van der Waals surface area contributed by atoms with E-state index < -0.39 is 0 Å². The maximum atomic E-state index is 11.9. The average Bonchev–Trinajstić information content (AvgIpc) is 2.37. The monoisotopic (exact) mass is 264 g/mol. The zero-order chi connectivity index (χ0) is 13.1. The molecular formula is C13H16N2O2S. The normalized spacial score (nSPS) is 12.8. The summed E-state index contributed by atoms with van der Waals surface area (Å²) in [6.45, 7) is 4.02. The van der Waals surface area contributed by atoms with Crippen LogP contribution in [0, 0.1) is 6.92 Å². The van der Waals surface area contributed by atoms with Gasteiger partial charge in [0, 0.05) is 23.3 Å². The lowest BCUT2D eigenvalue weighted by Crippen LogP contribution is -2.15. The van der Waals surface area contributed by atoms with Gasteiger partial charge in [-0.3, -0.25) is 9.20 Å². The molecule has 4 nitrogen and oxygen atoms in total. The van der Waals surface area contributed by atoms with E-state index in [2.05, 4.69) is 4.98 Å². The molecule has 2 aromatic rings. The lowest BCUT2D eigenvalue weighted by Gasteiger charge is -2.08. The average molecular weight is 264 g/mol. The fourth-order valence-electron chi connectivity index (χ4n) is 1.61. The van der Waals surface area contributed by atoms with Crippen LogP contribution >= 0.6 is 11.8 Å². The Labute approximate surface area is 110 Å². The van der Waals surface area contributed by atoms with Crippen LogP contribution in [-0.2, 0) is 5.75 Å². The van der Waals surface area contributed by atoms with Gasteiger partial charge < -0.3 is 5.11 Å². The minimum absolute atomic E-state index is 0.0593. The van der Waals surface area contributed by atoms with E-state index in [9.17, 15) is 4.79 Å². The fraction of sp³-hybridized carbons (Fsp3) is 0.385. The molecule has 0 fully saturated rings. The molecular weight excluding hydrogens is 248 g/mol. The van der Waals surface area contributed by atoms with Crippen LogP contribution in [0.4, 0.5) is 0 Å². The summed E-state index contributed by atoms with van der Waals surface area (Å²) >= 11 is 1.59. The summed E-state index contributed by atoms with van der Waals surface area (Å²) in [7, 11) is 0. The van der Waals surface area contributed by atoms with Gasteiger partial charge in [-0.1, -0.05) is 13.0 Å². The zero-order valence-corrected chi connectivity index (χ0v) is 11.3. The highest BCUT2D eigenvalue weighted by Gasteiger charge is 2.05. The maximum Gasteiger partial charge on any atom is 0.258 e. The summed E-state index contributed by atoms with van der Waals surface area (Å²) in [4.78, 5) is 16.4. The van der Waals surface area contributed by atoms with Crippen LogP contribution in [0.1, 0.15) is 18.2 Å². The van der Waals surface area contributed by atoms with Crippen molar-refractivity contribution < 1.29 is 5.11 Å². The zero-order valence-electron chi connectivity index (χ0n) is 10.5. The Hall–Kier alpha value is -1.33. The highest BCUT2D eigenvalue weighted by molar-refractivity contribution is 7.99. The van der Waals surface area contributed by atoms with E-state index >= 15 is 0 Å². The molecule has 18 heavy (non-hydrogen) atoms. The van der Waals surface area contributed by atoms with Crippen LogP contribution in [0.15, 0.2) is 29.2 Å². The maximum absolute atomic E-state index is 11.9. The van der Waals surface area contributed by atoms with Crippen molar-refractivity contribution in [3.8, 4) is 0 Å². The van der Waals surface area contributed by atoms with E-state index in [-0.39, 0.29) is 17.4 Å². The number of hydrogen-bond acceptors (Lipinski definition) is 4. The van der Waals surface area contributed by atoms with E-state index in [4.69, 9.17) is 5.11 Å². The SMILES string of the molecule is Cc1ccc2nc(CSC(C)CO)cc(=O)n2c1. The Balaban J connectivity index is 2.32. The number of fused-ring (bicyclic) bond motifs is 1. The Morgan fingerprint density at radius 1 is 1.50 bits per heavy atom. The minimum atomic E-state index is -0.0593. The molecule has 0 bridgehead atoms. The first kappa shape index (κ1) is 13.1. The highest BCUT2D eigenvalue weighted by atomic mass is 32.2. The van der Waals surface area contributed by atoms with Crippen molar-refractivity contribution in [2.45, 2.75) is 24.9 Å². The van der Waals surface area contributed by atoms with E-state index in [0.717, 1.165) is 11.3 Å². The predicted molar refractivity (Wildman–Crippen MR) is 74.0 cm³/mol. The van der Waals surface area contributed by atoms with Crippen LogP contribution < -0.4 is 5.56 Å². The lowest BCUT2D eigenvalue weighted by atomic mass is 10.3. The third-order valence-corrected chi connectivity index (χ3v) is 3.81. The second-order valence-electron chi connectivity index (χ2n) is 4.32. The number of aliphatic hydroxyl groups is 1. The van der Waals surface area contributed by atoms with Gasteiger partial charge in [0.25, 0.3) is 5.56 Å². The Morgan fingerprint density at radius 3 is 3.00 bits per heavy atom. The lowest BCUT2D eigenvalue weighted by molar-refractivity contribution is 0.300. The number of nitrogens with zero attached hydrogens (tertiary/aromatic N) is 2.